The molecule has 0 spiro atoms. The van der Waals surface area contributed by atoms with E-state index in [1.54, 1.807) is 11.8 Å². The maximum absolute atomic E-state index is 12.6. The summed E-state index contributed by atoms with van der Waals surface area (Å²) >= 11 is 2.65. The lowest BCUT2D eigenvalue weighted by molar-refractivity contribution is -0.119. The van der Waals surface area contributed by atoms with E-state index in [4.69, 9.17) is 5.11 Å². The zero-order valence-corrected chi connectivity index (χ0v) is 17.9. The molecule has 0 aliphatic carbocycles. The second kappa shape index (κ2) is 12.8. The number of carbonyl (C=O) groups is 2. The summed E-state index contributed by atoms with van der Waals surface area (Å²) in [5, 5.41) is 9.03. The predicted molar refractivity (Wildman–Crippen MR) is 111 cm³/mol. The quantitative estimate of drug-likeness (QED) is 0.430. The van der Waals surface area contributed by atoms with Crippen molar-refractivity contribution in [1.29, 1.82) is 0 Å². The molecule has 1 rings (SSSR count). The second-order valence-electron chi connectivity index (χ2n) is 6.15. The van der Waals surface area contributed by atoms with Gasteiger partial charge in [0.1, 0.15) is 5.78 Å². The summed E-state index contributed by atoms with van der Waals surface area (Å²) < 4.78 is 2.88. The first-order valence-corrected chi connectivity index (χ1v) is 11.4. The number of Topliss-reactive ketones (excluding diaryl/α,β-unsaturated/α-hetero) is 1. The summed E-state index contributed by atoms with van der Waals surface area (Å²) in [7, 11) is 0. The van der Waals surface area contributed by atoms with E-state index < -0.39 is 23.7 Å². The lowest BCUT2D eigenvalue weighted by Crippen LogP contribution is -2.55. The number of hydrogen-bond donors (Lipinski definition) is 1. The monoisotopic (exact) mass is 433 g/mol. The van der Waals surface area contributed by atoms with Crippen LogP contribution in [-0.2, 0) is 29.2 Å². The van der Waals surface area contributed by atoms with Gasteiger partial charge in [-0.2, -0.15) is 11.8 Å². The van der Waals surface area contributed by atoms with E-state index >= 15 is 0 Å². The highest BCUT2D eigenvalue weighted by Gasteiger charge is 2.15. The predicted octanol–water partition coefficient (Wildman–Crippen LogP) is -0.0638. The Morgan fingerprint density at radius 3 is 1.82 bits per heavy atom. The summed E-state index contributed by atoms with van der Waals surface area (Å²) in [5.74, 6) is 1.12. The first kappa shape index (κ1) is 24.4. The number of aromatic nitrogens is 3. The molecular formula is C17H27N3O6S2. The molecule has 0 fully saturated rings. The minimum atomic E-state index is -0.752. The van der Waals surface area contributed by atoms with Crippen molar-refractivity contribution in [1.82, 2.24) is 13.7 Å². The van der Waals surface area contributed by atoms with Gasteiger partial charge >= 0.3 is 17.1 Å². The fraction of sp³-hybridized carbons (Fsp3) is 0.706. The highest BCUT2D eigenvalue weighted by molar-refractivity contribution is 8.13. The Hall–Kier alpha value is -1.59. The van der Waals surface area contributed by atoms with Gasteiger partial charge in [-0.15, -0.1) is 0 Å². The Morgan fingerprint density at radius 2 is 1.36 bits per heavy atom. The minimum Gasteiger partial charge on any atom is -0.395 e. The Labute approximate surface area is 171 Å². The average molecular weight is 434 g/mol. The third-order valence-corrected chi connectivity index (χ3v) is 5.63. The first-order chi connectivity index (χ1) is 13.3. The van der Waals surface area contributed by atoms with E-state index in [0.717, 1.165) is 31.2 Å². The molecule has 0 aliphatic heterocycles. The summed E-state index contributed by atoms with van der Waals surface area (Å²) in [6, 6.07) is 0. The molecule has 0 saturated heterocycles. The standard InChI is InChI=1S/C17H27N3O6S2/c1-13(22)5-6-14(23)28-12-4-8-19-15(24)18(7-3-11-27-2)16(25)20(9-10-21)17(19)26/h21H,3-12H2,1-2H3. The fourth-order valence-corrected chi connectivity index (χ4v) is 3.65. The van der Waals surface area contributed by atoms with E-state index in [1.165, 1.54) is 6.92 Å². The van der Waals surface area contributed by atoms with Crippen LogP contribution >= 0.6 is 23.5 Å². The van der Waals surface area contributed by atoms with Gasteiger partial charge in [-0.1, -0.05) is 11.8 Å². The zero-order valence-electron chi connectivity index (χ0n) is 16.2. The van der Waals surface area contributed by atoms with Gasteiger partial charge in [-0.3, -0.25) is 4.79 Å². The summed E-state index contributed by atoms with van der Waals surface area (Å²) in [5.41, 5.74) is -2.13. The number of hydrogen-bond acceptors (Lipinski definition) is 8. The minimum absolute atomic E-state index is 0.0475. The maximum atomic E-state index is 12.6. The topological polar surface area (TPSA) is 120 Å². The van der Waals surface area contributed by atoms with Crippen molar-refractivity contribution in [2.75, 3.05) is 24.4 Å². The summed E-state index contributed by atoms with van der Waals surface area (Å²) in [4.78, 5) is 60.1. The highest BCUT2D eigenvalue weighted by Crippen LogP contribution is 2.09. The van der Waals surface area contributed by atoms with Crippen LogP contribution in [0.4, 0.5) is 0 Å². The van der Waals surface area contributed by atoms with Crippen LogP contribution in [0.3, 0.4) is 0 Å². The SMILES string of the molecule is CSCCCn1c(=O)n(CCO)c(=O)n(CCCSC(=O)CCC(C)=O)c1=O. The molecule has 1 heterocycles. The molecule has 0 unspecified atom stereocenters. The van der Waals surface area contributed by atoms with Gasteiger partial charge in [0.15, 0.2) is 5.12 Å². The Morgan fingerprint density at radius 1 is 0.857 bits per heavy atom. The van der Waals surface area contributed by atoms with Crippen molar-refractivity contribution >= 4 is 34.4 Å². The Bertz CT molecular complexity index is 843. The summed E-state index contributed by atoms with van der Waals surface area (Å²) in [6.45, 7) is 1.12. The third kappa shape index (κ3) is 7.44. The number of ketones is 1. The number of aliphatic hydroxyl groups is 1. The largest absolute Gasteiger partial charge is 0.395 e. The van der Waals surface area contributed by atoms with Crippen LogP contribution in [0.1, 0.15) is 32.6 Å². The van der Waals surface area contributed by atoms with Crippen LogP contribution in [0, 0.1) is 0 Å². The molecule has 1 aromatic rings. The van der Waals surface area contributed by atoms with Crippen molar-refractivity contribution in [3.05, 3.63) is 31.5 Å². The lowest BCUT2D eigenvalue weighted by atomic mass is 10.2. The van der Waals surface area contributed by atoms with Gasteiger partial charge in [0.2, 0.25) is 0 Å². The first-order valence-electron chi connectivity index (χ1n) is 9.02. The molecule has 0 radical (unpaired) electrons. The second-order valence-corrected chi connectivity index (χ2v) is 8.29. The number of carbonyl (C=O) groups excluding carboxylic acids is 2. The van der Waals surface area contributed by atoms with Crippen molar-refractivity contribution in [2.24, 2.45) is 0 Å². The van der Waals surface area contributed by atoms with Gasteiger partial charge in [0, 0.05) is 31.7 Å². The normalized spacial score (nSPS) is 11.0. The molecule has 158 valence electrons. The lowest BCUT2D eigenvalue weighted by Gasteiger charge is -2.13. The van der Waals surface area contributed by atoms with Gasteiger partial charge in [-0.25, -0.2) is 28.1 Å². The molecule has 1 N–H and O–H groups in total. The molecule has 1 aromatic heterocycles. The van der Waals surface area contributed by atoms with Crippen molar-refractivity contribution in [2.45, 2.75) is 52.2 Å². The molecule has 9 nitrogen and oxygen atoms in total. The van der Waals surface area contributed by atoms with Gasteiger partial charge in [-0.05, 0) is 31.8 Å². The fourth-order valence-electron chi connectivity index (χ4n) is 2.48. The number of thioether (sulfide) groups is 2. The van der Waals surface area contributed by atoms with Crippen LogP contribution in [-0.4, -0.2) is 54.1 Å². The van der Waals surface area contributed by atoms with Crippen LogP contribution in [0.25, 0.3) is 0 Å². The third-order valence-electron chi connectivity index (χ3n) is 3.91. The number of aliphatic hydroxyl groups excluding tert-OH is 1. The van der Waals surface area contributed by atoms with Gasteiger partial charge in [0.25, 0.3) is 0 Å². The molecule has 0 amide bonds. The molecule has 0 aliphatic rings. The van der Waals surface area contributed by atoms with Crippen molar-refractivity contribution in [3.63, 3.8) is 0 Å². The van der Waals surface area contributed by atoms with E-state index in [1.807, 2.05) is 6.26 Å². The molecular weight excluding hydrogens is 406 g/mol. The number of rotatable bonds is 13. The van der Waals surface area contributed by atoms with Crippen LogP contribution in [0.15, 0.2) is 14.4 Å². The smallest absolute Gasteiger partial charge is 0.336 e. The van der Waals surface area contributed by atoms with Crippen LogP contribution in [0.5, 0.6) is 0 Å². The molecule has 0 atom stereocenters. The van der Waals surface area contributed by atoms with E-state index in [2.05, 4.69) is 0 Å². The number of nitrogens with zero attached hydrogens (tertiary/aromatic N) is 3. The molecule has 11 heteroatoms. The summed E-state index contributed by atoms with van der Waals surface area (Å²) in [6.07, 6.45) is 3.28. The van der Waals surface area contributed by atoms with Gasteiger partial charge < -0.3 is 9.90 Å². The highest BCUT2D eigenvalue weighted by atomic mass is 32.2. The molecule has 0 saturated carbocycles. The van der Waals surface area contributed by atoms with Gasteiger partial charge in [0.05, 0.1) is 13.2 Å². The Kier molecular flexibility index (Phi) is 11.2. The van der Waals surface area contributed by atoms with E-state index in [9.17, 15) is 24.0 Å². The van der Waals surface area contributed by atoms with Crippen LogP contribution in [0.2, 0.25) is 0 Å². The molecule has 0 bridgehead atoms. The maximum Gasteiger partial charge on any atom is 0.336 e. The zero-order chi connectivity index (χ0) is 21.1. The van der Waals surface area contributed by atoms with E-state index in [-0.39, 0.29) is 43.4 Å². The molecule has 28 heavy (non-hydrogen) atoms. The van der Waals surface area contributed by atoms with Crippen molar-refractivity contribution in [3.8, 4) is 0 Å². The Balaban J connectivity index is 2.90. The average Bonchev–Trinajstić information content (AvgIpc) is 2.65. The van der Waals surface area contributed by atoms with Crippen molar-refractivity contribution < 1.29 is 14.7 Å². The van der Waals surface area contributed by atoms with Crippen LogP contribution < -0.4 is 17.1 Å². The molecule has 0 aromatic carbocycles. The van der Waals surface area contributed by atoms with E-state index in [0.29, 0.717) is 18.6 Å².